The molecule has 11 heteroatoms. The molecule has 0 radical (unpaired) electrons. The number of hydrogen-bond donors (Lipinski definition) is 3. The Hall–Kier alpha value is -5.34. The van der Waals surface area contributed by atoms with Crippen LogP contribution in [0.1, 0.15) is 94.1 Å². The van der Waals surface area contributed by atoms with Gasteiger partial charge in [0, 0.05) is 74.0 Å². The highest BCUT2D eigenvalue weighted by Gasteiger charge is 2.36. The van der Waals surface area contributed by atoms with E-state index in [4.69, 9.17) is 0 Å². The molecule has 266 valence electrons. The van der Waals surface area contributed by atoms with Gasteiger partial charge < -0.3 is 25.3 Å². The summed E-state index contributed by atoms with van der Waals surface area (Å²) in [7, 11) is 5.60. The smallest absolute Gasteiger partial charge is 0.255 e. The lowest BCUT2D eigenvalue weighted by molar-refractivity contribution is -0.125. The standard InChI is InChI=1S/C27H27FN2O4.C13H18N4/c1-29-26(33)25(12-7-15-31)30-17-23-20(10-6-11-22(23)27(30)34)9-5-3-2-4-8-19-13-14-21(18-32)24(28)16-19;1-14-13-7-10-9(8-15-13)6-11(16-10)12-4-3-5-17(12)2/h6,10-11,13-16,18,25H,2-4,7-8,12,17H2,1H3,(H,29,33);6-8,12,16H,3-5H2,1-2H3,(H,14,15). The molecule has 0 saturated carbocycles. The van der Waals surface area contributed by atoms with E-state index in [2.05, 4.69) is 56.5 Å². The van der Waals surface area contributed by atoms with Crippen molar-refractivity contribution >= 4 is 41.1 Å². The van der Waals surface area contributed by atoms with E-state index in [-0.39, 0.29) is 36.8 Å². The third-order valence-corrected chi connectivity index (χ3v) is 9.57. The largest absolute Gasteiger partial charge is 0.373 e. The highest BCUT2D eigenvalue weighted by Crippen LogP contribution is 2.32. The molecule has 2 unspecified atom stereocenters. The summed E-state index contributed by atoms with van der Waals surface area (Å²) in [5, 5.41) is 6.83. The second kappa shape index (κ2) is 17.5. The van der Waals surface area contributed by atoms with Crippen LogP contribution in [0.15, 0.2) is 54.7 Å². The van der Waals surface area contributed by atoms with Gasteiger partial charge in [-0.15, -0.1) is 0 Å². The van der Waals surface area contributed by atoms with E-state index in [0.29, 0.717) is 30.7 Å². The number of anilines is 1. The van der Waals surface area contributed by atoms with Crippen LogP contribution in [0.4, 0.5) is 10.2 Å². The highest BCUT2D eigenvalue weighted by molar-refractivity contribution is 6.01. The zero-order chi connectivity index (χ0) is 36.3. The topological polar surface area (TPSA) is 128 Å². The van der Waals surface area contributed by atoms with Crippen LogP contribution in [0, 0.1) is 17.7 Å². The fourth-order valence-electron chi connectivity index (χ4n) is 6.73. The summed E-state index contributed by atoms with van der Waals surface area (Å²) in [5.74, 6) is 6.18. The van der Waals surface area contributed by atoms with Gasteiger partial charge in [0.2, 0.25) is 5.91 Å². The number of aldehydes is 2. The first-order valence-corrected chi connectivity index (χ1v) is 17.4. The van der Waals surface area contributed by atoms with Crippen LogP contribution >= 0.6 is 0 Å². The van der Waals surface area contributed by atoms with Gasteiger partial charge in [-0.2, -0.15) is 0 Å². The monoisotopic (exact) mass is 692 g/mol. The highest BCUT2D eigenvalue weighted by atomic mass is 19.1. The minimum Gasteiger partial charge on any atom is -0.373 e. The van der Waals surface area contributed by atoms with Crippen molar-refractivity contribution in [2.75, 3.05) is 33.0 Å². The molecule has 1 saturated heterocycles. The van der Waals surface area contributed by atoms with E-state index in [1.165, 1.54) is 60.1 Å². The van der Waals surface area contributed by atoms with Crippen LogP contribution in [0.3, 0.4) is 0 Å². The van der Waals surface area contributed by atoms with Crippen LogP contribution in [-0.4, -0.2) is 77.9 Å². The first-order chi connectivity index (χ1) is 24.8. The molecule has 2 atom stereocenters. The number of amides is 2. The molecule has 0 aliphatic carbocycles. The molecule has 4 heterocycles. The molecule has 2 aromatic heterocycles. The Kier molecular flexibility index (Phi) is 12.7. The summed E-state index contributed by atoms with van der Waals surface area (Å²) in [5.41, 5.74) is 5.47. The third-order valence-electron chi connectivity index (χ3n) is 9.57. The van der Waals surface area contributed by atoms with Crippen molar-refractivity contribution in [1.29, 1.82) is 0 Å². The average molecular weight is 693 g/mol. The number of unbranched alkanes of at least 4 members (excludes halogenated alkanes) is 2. The number of pyridine rings is 1. The van der Waals surface area contributed by atoms with Crippen molar-refractivity contribution < 1.29 is 23.6 Å². The van der Waals surface area contributed by atoms with Gasteiger partial charge in [-0.1, -0.05) is 24.0 Å². The summed E-state index contributed by atoms with van der Waals surface area (Å²) >= 11 is 0. The fourth-order valence-corrected chi connectivity index (χ4v) is 6.73. The van der Waals surface area contributed by atoms with E-state index in [9.17, 15) is 23.6 Å². The van der Waals surface area contributed by atoms with Crippen molar-refractivity contribution in [2.45, 2.75) is 70.0 Å². The molecular formula is C40H45FN6O4. The van der Waals surface area contributed by atoms with Gasteiger partial charge in [0.25, 0.3) is 5.91 Å². The van der Waals surface area contributed by atoms with Gasteiger partial charge >= 0.3 is 0 Å². The predicted molar refractivity (Wildman–Crippen MR) is 196 cm³/mol. The summed E-state index contributed by atoms with van der Waals surface area (Å²) < 4.78 is 13.7. The maximum Gasteiger partial charge on any atom is 0.255 e. The molecular weight excluding hydrogens is 647 g/mol. The van der Waals surface area contributed by atoms with Crippen molar-refractivity contribution in [3.63, 3.8) is 0 Å². The Morgan fingerprint density at radius 3 is 2.71 bits per heavy atom. The molecule has 0 spiro atoms. The molecule has 0 bridgehead atoms. The van der Waals surface area contributed by atoms with Gasteiger partial charge in [0.05, 0.1) is 11.1 Å². The number of aromatic amines is 1. The number of carbonyl (C=O) groups is 4. The van der Waals surface area contributed by atoms with Gasteiger partial charge in [-0.3, -0.25) is 19.3 Å². The van der Waals surface area contributed by atoms with Gasteiger partial charge in [-0.25, -0.2) is 9.37 Å². The van der Waals surface area contributed by atoms with Crippen molar-refractivity contribution in [3.8, 4) is 11.8 Å². The van der Waals surface area contributed by atoms with E-state index in [1.54, 1.807) is 18.2 Å². The SMILES string of the molecule is CNC(=O)C(CCC=O)N1Cc2c(C#CCCCCc3ccc(C=O)c(F)c3)cccc2C1=O.CNc1cc2[nH]c(C3CCCN3C)cc2cn1. The predicted octanol–water partition coefficient (Wildman–Crippen LogP) is 5.82. The number of rotatable bonds is 12. The van der Waals surface area contributed by atoms with E-state index < -0.39 is 11.9 Å². The number of nitrogens with zero attached hydrogens (tertiary/aromatic N) is 3. The Labute approximate surface area is 298 Å². The Morgan fingerprint density at radius 1 is 1.16 bits per heavy atom. The molecule has 3 N–H and O–H groups in total. The zero-order valence-electron chi connectivity index (χ0n) is 29.4. The Balaban J connectivity index is 0.000000245. The van der Waals surface area contributed by atoms with Gasteiger partial charge in [0.1, 0.15) is 24.0 Å². The minimum absolute atomic E-state index is 0.0624. The number of H-pyrrole nitrogens is 1. The lowest BCUT2D eigenvalue weighted by atomic mass is 10.0. The Morgan fingerprint density at radius 2 is 2.00 bits per heavy atom. The number of likely N-dealkylation sites (tertiary alicyclic amines) is 1. The summed E-state index contributed by atoms with van der Waals surface area (Å²) in [6.45, 7) is 1.47. The number of halogens is 1. The number of carbonyl (C=O) groups excluding carboxylic acids is 4. The molecule has 2 amide bonds. The lowest BCUT2D eigenvalue weighted by Gasteiger charge is -2.25. The number of likely N-dealkylation sites (N-methyl/N-ethyl adjacent to an activating group) is 1. The third kappa shape index (κ3) is 8.88. The molecule has 4 aromatic rings. The van der Waals surface area contributed by atoms with Crippen molar-refractivity contribution in [3.05, 3.63) is 94.1 Å². The van der Waals surface area contributed by atoms with Crippen LogP contribution in [-0.2, 0) is 22.6 Å². The fraction of sp³-hybridized carbons (Fsp3) is 0.375. The normalized spacial score (nSPS) is 15.7. The molecule has 2 aliphatic rings. The van der Waals surface area contributed by atoms with Gasteiger partial charge in [-0.05, 0) is 93.6 Å². The second-order valence-corrected chi connectivity index (χ2v) is 12.9. The zero-order valence-corrected chi connectivity index (χ0v) is 29.4. The van der Waals surface area contributed by atoms with Crippen LogP contribution in [0.25, 0.3) is 10.9 Å². The van der Waals surface area contributed by atoms with Crippen LogP contribution in [0.5, 0.6) is 0 Å². The summed E-state index contributed by atoms with van der Waals surface area (Å²) in [6, 6.07) is 14.2. The minimum atomic E-state index is -0.707. The van der Waals surface area contributed by atoms with E-state index in [0.717, 1.165) is 41.6 Å². The van der Waals surface area contributed by atoms with Gasteiger partial charge in [0.15, 0.2) is 6.29 Å². The quantitative estimate of drug-likeness (QED) is 0.0970. The number of fused-ring (bicyclic) bond motifs is 2. The van der Waals surface area contributed by atoms with Crippen LogP contribution < -0.4 is 10.6 Å². The second-order valence-electron chi connectivity index (χ2n) is 12.9. The van der Waals surface area contributed by atoms with Crippen molar-refractivity contribution in [2.24, 2.45) is 0 Å². The molecule has 10 nitrogen and oxygen atoms in total. The van der Waals surface area contributed by atoms with Crippen molar-refractivity contribution in [1.82, 2.24) is 25.1 Å². The first-order valence-electron chi connectivity index (χ1n) is 17.4. The molecule has 51 heavy (non-hydrogen) atoms. The maximum atomic E-state index is 13.7. The molecule has 1 fully saturated rings. The maximum absolute atomic E-state index is 13.7. The first kappa shape index (κ1) is 36.9. The summed E-state index contributed by atoms with van der Waals surface area (Å²) in [6.07, 6.45) is 9.18. The molecule has 2 aliphatic heterocycles. The number of nitrogens with one attached hydrogen (secondary N) is 3. The molecule has 2 aromatic carbocycles. The van der Waals surface area contributed by atoms with E-state index >= 15 is 0 Å². The Bertz CT molecular complexity index is 1950. The molecule has 6 rings (SSSR count). The average Bonchev–Trinajstić information content (AvgIpc) is 3.86. The number of aryl methyl sites for hydroxylation is 1. The number of aromatic nitrogens is 2. The van der Waals surface area contributed by atoms with Crippen LogP contribution in [0.2, 0.25) is 0 Å². The lowest BCUT2D eigenvalue weighted by Crippen LogP contribution is -2.46. The van der Waals surface area contributed by atoms with E-state index in [1.807, 2.05) is 19.3 Å². The summed E-state index contributed by atoms with van der Waals surface area (Å²) in [4.78, 5) is 58.6. The number of benzene rings is 2. The number of hydrogen-bond acceptors (Lipinski definition) is 7.